The van der Waals surface area contributed by atoms with Gasteiger partial charge in [-0.1, -0.05) is 24.9 Å². The highest BCUT2D eigenvalue weighted by Gasteiger charge is 2.19. The average Bonchev–Trinajstić information content (AvgIpc) is 2.66. The van der Waals surface area contributed by atoms with Crippen LogP contribution in [0.2, 0.25) is 5.02 Å². The lowest BCUT2D eigenvalue weighted by atomic mass is 10.0. The van der Waals surface area contributed by atoms with Gasteiger partial charge >= 0.3 is 6.61 Å². The molecular formula is C19H29ClF2N4O. The van der Waals surface area contributed by atoms with Crippen molar-refractivity contribution in [2.45, 2.75) is 51.8 Å². The number of piperidine rings is 1. The van der Waals surface area contributed by atoms with Gasteiger partial charge < -0.3 is 20.3 Å². The van der Waals surface area contributed by atoms with Crippen LogP contribution in [0.3, 0.4) is 0 Å². The van der Waals surface area contributed by atoms with E-state index in [4.69, 9.17) is 11.6 Å². The molecule has 1 saturated heterocycles. The predicted octanol–water partition coefficient (Wildman–Crippen LogP) is 3.87. The van der Waals surface area contributed by atoms with E-state index in [1.165, 1.54) is 25.0 Å². The SMILES string of the molecule is CCCCN1CCC(NC(=NC)NCc2cc(Cl)ccc2OC(F)F)CC1. The molecule has 0 amide bonds. The Balaban J connectivity index is 1.85. The van der Waals surface area contributed by atoms with Gasteiger partial charge in [0.05, 0.1) is 0 Å². The summed E-state index contributed by atoms with van der Waals surface area (Å²) in [5.74, 6) is 0.756. The Kier molecular flexibility index (Phi) is 9.07. The van der Waals surface area contributed by atoms with Gasteiger partial charge in [-0.15, -0.1) is 0 Å². The summed E-state index contributed by atoms with van der Waals surface area (Å²) >= 11 is 5.99. The van der Waals surface area contributed by atoms with Gasteiger partial charge in [-0.3, -0.25) is 4.99 Å². The lowest BCUT2D eigenvalue weighted by Crippen LogP contribution is -2.48. The molecule has 1 aliphatic rings. The van der Waals surface area contributed by atoms with E-state index in [0.717, 1.165) is 32.5 Å². The van der Waals surface area contributed by atoms with Gasteiger partial charge in [-0.25, -0.2) is 0 Å². The number of ether oxygens (including phenoxy) is 1. The molecule has 1 aromatic carbocycles. The van der Waals surface area contributed by atoms with E-state index in [2.05, 4.69) is 32.2 Å². The fourth-order valence-electron chi connectivity index (χ4n) is 3.15. The quantitative estimate of drug-likeness (QED) is 0.512. The smallest absolute Gasteiger partial charge is 0.387 e. The molecule has 0 spiro atoms. The van der Waals surface area contributed by atoms with Gasteiger partial charge in [0.25, 0.3) is 0 Å². The molecule has 0 atom stereocenters. The second-order valence-corrected chi connectivity index (χ2v) is 7.11. The van der Waals surface area contributed by atoms with Crippen LogP contribution in [0.25, 0.3) is 0 Å². The summed E-state index contributed by atoms with van der Waals surface area (Å²) in [6.07, 6.45) is 4.57. The van der Waals surface area contributed by atoms with Crippen LogP contribution >= 0.6 is 11.6 Å². The lowest BCUT2D eigenvalue weighted by molar-refractivity contribution is -0.0504. The van der Waals surface area contributed by atoms with E-state index in [1.807, 2.05) is 0 Å². The maximum atomic E-state index is 12.6. The second-order valence-electron chi connectivity index (χ2n) is 6.67. The molecule has 0 bridgehead atoms. The van der Waals surface area contributed by atoms with E-state index in [1.54, 1.807) is 13.1 Å². The number of benzene rings is 1. The highest BCUT2D eigenvalue weighted by atomic mass is 35.5. The van der Waals surface area contributed by atoms with Crippen LogP contribution in [0.5, 0.6) is 5.75 Å². The van der Waals surface area contributed by atoms with Crippen molar-refractivity contribution in [2.75, 3.05) is 26.7 Å². The minimum absolute atomic E-state index is 0.113. The number of nitrogens with one attached hydrogen (secondary N) is 2. The molecule has 1 aromatic rings. The summed E-state index contributed by atoms with van der Waals surface area (Å²) in [7, 11) is 1.69. The van der Waals surface area contributed by atoms with Gasteiger partial charge in [-0.2, -0.15) is 8.78 Å². The Labute approximate surface area is 165 Å². The zero-order chi connectivity index (χ0) is 19.6. The fourth-order valence-corrected chi connectivity index (χ4v) is 3.34. The predicted molar refractivity (Wildman–Crippen MR) is 106 cm³/mol. The number of unbranched alkanes of at least 4 members (excludes halogenated alkanes) is 1. The first kappa shape index (κ1) is 21.7. The number of guanidine groups is 1. The van der Waals surface area contributed by atoms with Crippen LogP contribution in [0.1, 0.15) is 38.2 Å². The van der Waals surface area contributed by atoms with Crippen molar-refractivity contribution in [3.8, 4) is 5.75 Å². The van der Waals surface area contributed by atoms with Crippen LogP contribution in [0, 0.1) is 0 Å². The molecule has 27 heavy (non-hydrogen) atoms. The van der Waals surface area contributed by atoms with Gasteiger partial charge in [0, 0.05) is 43.3 Å². The Morgan fingerprint density at radius 3 is 2.74 bits per heavy atom. The molecule has 152 valence electrons. The molecule has 0 saturated carbocycles. The van der Waals surface area contributed by atoms with Crippen molar-refractivity contribution in [1.82, 2.24) is 15.5 Å². The standard InChI is InChI=1S/C19H29ClF2N4O/c1-3-4-9-26-10-7-16(8-11-26)25-19(23-2)24-13-14-12-15(20)5-6-17(14)27-18(21)22/h5-6,12,16,18H,3-4,7-11,13H2,1-2H3,(H2,23,24,25). The molecule has 1 heterocycles. The van der Waals surface area contributed by atoms with Gasteiger partial charge in [0.1, 0.15) is 5.75 Å². The van der Waals surface area contributed by atoms with Crippen LogP contribution in [0.15, 0.2) is 23.2 Å². The van der Waals surface area contributed by atoms with E-state index in [0.29, 0.717) is 22.6 Å². The highest BCUT2D eigenvalue weighted by Crippen LogP contribution is 2.24. The number of hydrogen-bond acceptors (Lipinski definition) is 3. The zero-order valence-electron chi connectivity index (χ0n) is 16.0. The number of alkyl halides is 2. The molecule has 0 unspecified atom stereocenters. The normalized spacial score (nSPS) is 16.6. The van der Waals surface area contributed by atoms with Crippen molar-refractivity contribution >= 4 is 17.6 Å². The summed E-state index contributed by atoms with van der Waals surface area (Å²) in [4.78, 5) is 6.74. The molecule has 2 N–H and O–H groups in total. The fraction of sp³-hybridized carbons (Fsp3) is 0.632. The first-order valence-corrected chi connectivity index (χ1v) is 9.82. The minimum Gasteiger partial charge on any atom is -0.434 e. The number of halogens is 3. The number of aliphatic imine (C=N–C) groups is 1. The summed E-state index contributed by atoms with van der Waals surface area (Å²) < 4.78 is 29.7. The van der Waals surface area contributed by atoms with Crippen molar-refractivity contribution < 1.29 is 13.5 Å². The van der Waals surface area contributed by atoms with E-state index >= 15 is 0 Å². The zero-order valence-corrected chi connectivity index (χ0v) is 16.7. The number of rotatable bonds is 8. The van der Waals surface area contributed by atoms with Gasteiger partial charge in [-0.05, 0) is 44.0 Å². The van der Waals surface area contributed by atoms with Gasteiger partial charge in [0.2, 0.25) is 0 Å². The highest BCUT2D eigenvalue weighted by molar-refractivity contribution is 6.30. The average molecular weight is 403 g/mol. The van der Waals surface area contributed by atoms with Crippen molar-refractivity contribution in [3.63, 3.8) is 0 Å². The van der Waals surface area contributed by atoms with Crippen LogP contribution < -0.4 is 15.4 Å². The largest absolute Gasteiger partial charge is 0.434 e. The Morgan fingerprint density at radius 2 is 2.11 bits per heavy atom. The first-order chi connectivity index (χ1) is 13.0. The third-order valence-electron chi connectivity index (χ3n) is 4.66. The summed E-state index contributed by atoms with van der Waals surface area (Å²) in [5.41, 5.74) is 0.556. The Morgan fingerprint density at radius 1 is 1.37 bits per heavy atom. The summed E-state index contributed by atoms with van der Waals surface area (Å²) in [5, 5.41) is 7.05. The molecule has 1 aliphatic heterocycles. The van der Waals surface area contributed by atoms with Crippen molar-refractivity contribution in [3.05, 3.63) is 28.8 Å². The van der Waals surface area contributed by atoms with E-state index in [9.17, 15) is 8.78 Å². The molecule has 0 aliphatic carbocycles. The number of nitrogens with zero attached hydrogens (tertiary/aromatic N) is 2. The maximum Gasteiger partial charge on any atom is 0.387 e. The van der Waals surface area contributed by atoms with E-state index < -0.39 is 6.61 Å². The molecule has 8 heteroatoms. The van der Waals surface area contributed by atoms with Crippen LogP contribution in [0.4, 0.5) is 8.78 Å². The molecule has 1 fully saturated rings. The molecule has 0 aromatic heterocycles. The number of hydrogen-bond donors (Lipinski definition) is 2. The van der Waals surface area contributed by atoms with Gasteiger partial charge in [0.15, 0.2) is 5.96 Å². The maximum absolute atomic E-state index is 12.6. The molecule has 0 radical (unpaired) electrons. The molecule has 5 nitrogen and oxygen atoms in total. The first-order valence-electron chi connectivity index (χ1n) is 9.44. The number of likely N-dealkylation sites (tertiary alicyclic amines) is 1. The summed E-state index contributed by atoms with van der Waals surface area (Å²) in [6, 6.07) is 4.95. The van der Waals surface area contributed by atoms with E-state index in [-0.39, 0.29) is 12.3 Å². The lowest BCUT2D eigenvalue weighted by Gasteiger charge is -2.33. The second kappa shape index (κ2) is 11.3. The minimum atomic E-state index is -2.87. The molecular weight excluding hydrogens is 374 g/mol. The third-order valence-corrected chi connectivity index (χ3v) is 4.90. The van der Waals surface area contributed by atoms with Crippen molar-refractivity contribution in [2.24, 2.45) is 4.99 Å². The molecule has 2 rings (SSSR count). The third kappa shape index (κ3) is 7.50. The Hall–Kier alpha value is -1.60. The monoisotopic (exact) mass is 402 g/mol. The topological polar surface area (TPSA) is 48.9 Å². The summed E-state index contributed by atoms with van der Waals surface area (Å²) in [6.45, 7) is 2.95. The van der Waals surface area contributed by atoms with Crippen LogP contribution in [-0.4, -0.2) is 50.2 Å². The van der Waals surface area contributed by atoms with Crippen molar-refractivity contribution in [1.29, 1.82) is 0 Å². The van der Waals surface area contributed by atoms with Crippen LogP contribution in [-0.2, 0) is 6.54 Å². The Bertz CT molecular complexity index is 607.